The van der Waals surface area contributed by atoms with Crippen LogP contribution in [-0.4, -0.2) is 31.4 Å². The Labute approximate surface area is 103 Å². The van der Waals surface area contributed by atoms with E-state index in [9.17, 15) is 4.79 Å². The van der Waals surface area contributed by atoms with Gasteiger partial charge in [-0.2, -0.15) is 0 Å². The second-order valence-corrected chi connectivity index (χ2v) is 4.91. The van der Waals surface area contributed by atoms with Gasteiger partial charge in [0.15, 0.2) is 0 Å². The SMILES string of the molecule is CN(C)C(=O)CNCc1ccc(C2CC2)cc1. The highest BCUT2D eigenvalue weighted by Gasteiger charge is 2.22. The van der Waals surface area contributed by atoms with E-state index in [1.807, 2.05) is 0 Å². The standard InChI is InChI=1S/C14H20N2O/c1-16(2)14(17)10-15-9-11-3-5-12(6-4-11)13-7-8-13/h3-6,13,15H,7-10H2,1-2H3. The van der Waals surface area contributed by atoms with Gasteiger partial charge in [0.25, 0.3) is 0 Å². The lowest BCUT2D eigenvalue weighted by Crippen LogP contribution is -2.32. The smallest absolute Gasteiger partial charge is 0.236 e. The van der Waals surface area contributed by atoms with Crippen molar-refractivity contribution in [3.8, 4) is 0 Å². The van der Waals surface area contributed by atoms with Crippen molar-refractivity contribution in [2.24, 2.45) is 0 Å². The first-order chi connectivity index (χ1) is 8.16. The van der Waals surface area contributed by atoms with E-state index in [0.29, 0.717) is 6.54 Å². The molecule has 0 heterocycles. The number of carbonyl (C=O) groups excluding carboxylic acids is 1. The molecule has 0 unspecified atom stereocenters. The maximum Gasteiger partial charge on any atom is 0.236 e. The second kappa shape index (κ2) is 5.32. The Hall–Kier alpha value is -1.35. The molecule has 0 saturated heterocycles. The quantitative estimate of drug-likeness (QED) is 0.838. The van der Waals surface area contributed by atoms with Crippen molar-refractivity contribution < 1.29 is 4.79 Å². The van der Waals surface area contributed by atoms with Gasteiger partial charge in [-0.15, -0.1) is 0 Å². The van der Waals surface area contributed by atoms with Crippen LogP contribution in [0.5, 0.6) is 0 Å². The van der Waals surface area contributed by atoms with Crippen molar-refractivity contribution in [1.82, 2.24) is 10.2 Å². The Balaban J connectivity index is 1.77. The lowest BCUT2D eigenvalue weighted by molar-refractivity contribution is -0.127. The van der Waals surface area contributed by atoms with Crippen molar-refractivity contribution in [2.75, 3.05) is 20.6 Å². The minimum Gasteiger partial charge on any atom is -0.348 e. The van der Waals surface area contributed by atoms with Gasteiger partial charge in [-0.05, 0) is 29.9 Å². The zero-order valence-corrected chi connectivity index (χ0v) is 10.6. The molecule has 2 rings (SSSR count). The van der Waals surface area contributed by atoms with Crippen LogP contribution in [0.3, 0.4) is 0 Å². The third-order valence-electron chi connectivity index (χ3n) is 3.13. The van der Waals surface area contributed by atoms with Crippen LogP contribution in [-0.2, 0) is 11.3 Å². The van der Waals surface area contributed by atoms with Crippen molar-refractivity contribution >= 4 is 5.91 Å². The number of carbonyl (C=O) groups is 1. The minimum atomic E-state index is 0.111. The van der Waals surface area contributed by atoms with E-state index in [-0.39, 0.29) is 5.91 Å². The molecule has 1 aromatic carbocycles. The van der Waals surface area contributed by atoms with Gasteiger partial charge < -0.3 is 10.2 Å². The first-order valence-electron chi connectivity index (χ1n) is 6.16. The maximum absolute atomic E-state index is 11.3. The average Bonchev–Trinajstić information content (AvgIpc) is 3.13. The summed E-state index contributed by atoms with van der Waals surface area (Å²) in [4.78, 5) is 12.9. The van der Waals surface area contributed by atoms with Crippen molar-refractivity contribution in [1.29, 1.82) is 0 Å². The Morgan fingerprint density at radius 3 is 2.47 bits per heavy atom. The number of amides is 1. The van der Waals surface area contributed by atoms with Crippen LogP contribution in [0.25, 0.3) is 0 Å². The Kier molecular flexibility index (Phi) is 3.79. The van der Waals surface area contributed by atoms with Crippen LogP contribution in [0.4, 0.5) is 0 Å². The molecule has 17 heavy (non-hydrogen) atoms. The molecule has 0 radical (unpaired) electrons. The molecule has 1 fully saturated rings. The number of likely N-dealkylation sites (N-methyl/N-ethyl adjacent to an activating group) is 1. The second-order valence-electron chi connectivity index (χ2n) is 4.91. The molecule has 1 aliphatic carbocycles. The van der Waals surface area contributed by atoms with Gasteiger partial charge >= 0.3 is 0 Å². The van der Waals surface area contributed by atoms with Crippen LogP contribution in [0.15, 0.2) is 24.3 Å². The maximum atomic E-state index is 11.3. The van der Waals surface area contributed by atoms with Gasteiger partial charge in [-0.25, -0.2) is 0 Å². The monoisotopic (exact) mass is 232 g/mol. The summed E-state index contributed by atoms with van der Waals surface area (Å²) in [6, 6.07) is 8.73. The summed E-state index contributed by atoms with van der Waals surface area (Å²) >= 11 is 0. The molecular weight excluding hydrogens is 212 g/mol. The molecule has 0 bridgehead atoms. The van der Waals surface area contributed by atoms with E-state index in [1.54, 1.807) is 19.0 Å². The molecular formula is C14H20N2O. The number of hydrogen-bond donors (Lipinski definition) is 1. The minimum absolute atomic E-state index is 0.111. The highest BCUT2D eigenvalue weighted by molar-refractivity contribution is 5.77. The van der Waals surface area contributed by atoms with Gasteiger partial charge in [0.2, 0.25) is 5.91 Å². The topological polar surface area (TPSA) is 32.3 Å². The molecule has 92 valence electrons. The summed E-state index contributed by atoms with van der Waals surface area (Å²) in [7, 11) is 3.54. The molecule has 0 spiro atoms. The molecule has 1 saturated carbocycles. The molecule has 0 atom stereocenters. The number of nitrogens with one attached hydrogen (secondary N) is 1. The normalized spacial score (nSPS) is 14.7. The lowest BCUT2D eigenvalue weighted by atomic mass is 10.1. The van der Waals surface area contributed by atoms with Gasteiger partial charge in [0.1, 0.15) is 0 Å². The molecule has 0 aliphatic heterocycles. The number of hydrogen-bond acceptors (Lipinski definition) is 2. The molecule has 3 nitrogen and oxygen atoms in total. The predicted molar refractivity (Wildman–Crippen MR) is 68.8 cm³/mol. The van der Waals surface area contributed by atoms with E-state index < -0.39 is 0 Å². The van der Waals surface area contributed by atoms with Gasteiger partial charge in [-0.3, -0.25) is 4.79 Å². The molecule has 1 aromatic rings. The fraction of sp³-hybridized carbons (Fsp3) is 0.500. The summed E-state index contributed by atoms with van der Waals surface area (Å²) in [5.41, 5.74) is 2.69. The van der Waals surface area contributed by atoms with E-state index in [2.05, 4.69) is 29.6 Å². The van der Waals surface area contributed by atoms with E-state index >= 15 is 0 Å². The van der Waals surface area contributed by atoms with E-state index in [1.165, 1.54) is 24.0 Å². The number of rotatable bonds is 5. The summed E-state index contributed by atoms with van der Waals surface area (Å²) in [5, 5.41) is 3.16. The first-order valence-corrected chi connectivity index (χ1v) is 6.16. The van der Waals surface area contributed by atoms with Gasteiger partial charge in [0.05, 0.1) is 6.54 Å². The van der Waals surface area contributed by atoms with Crippen LogP contribution in [0, 0.1) is 0 Å². The Bertz CT molecular complexity index is 380. The van der Waals surface area contributed by atoms with Crippen LogP contribution >= 0.6 is 0 Å². The van der Waals surface area contributed by atoms with Crippen LogP contribution < -0.4 is 5.32 Å². The summed E-state index contributed by atoms with van der Waals surface area (Å²) in [6.07, 6.45) is 2.68. The molecule has 0 aromatic heterocycles. The van der Waals surface area contributed by atoms with Gasteiger partial charge in [-0.1, -0.05) is 24.3 Å². The fourth-order valence-corrected chi connectivity index (χ4v) is 1.80. The predicted octanol–water partition coefficient (Wildman–Crippen LogP) is 1.74. The molecule has 1 N–H and O–H groups in total. The number of nitrogens with zero attached hydrogens (tertiary/aromatic N) is 1. The largest absolute Gasteiger partial charge is 0.348 e. The van der Waals surface area contributed by atoms with Crippen molar-refractivity contribution in [3.63, 3.8) is 0 Å². The van der Waals surface area contributed by atoms with Gasteiger partial charge in [0, 0.05) is 20.6 Å². The summed E-state index contributed by atoms with van der Waals surface area (Å²) < 4.78 is 0. The van der Waals surface area contributed by atoms with Crippen LogP contribution in [0.1, 0.15) is 29.9 Å². The first kappa shape index (κ1) is 12.1. The Morgan fingerprint density at radius 1 is 1.29 bits per heavy atom. The van der Waals surface area contributed by atoms with E-state index in [0.717, 1.165) is 12.5 Å². The van der Waals surface area contributed by atoms with E-state index in [4.69, 9.17) is 0 Å². The molecule has 1 amide bonds. The highest BCUT2D eigenvalue weighted by Crippen LogP contribution is 2.39. The molecule has 3 heteroatoms. The summed E-state index contributed by atoms with van der Waals surface area (Å²) in [6.45, 7) is 1.15. The fourth-order valence-electron chi connectivity index (χ4n) is 1.80. The lowest BCUT2D eigenvalue weighted by Gasteiger charge is -2.11. The van der Waals surface area contributed by atoms with Crippen molar-refractivity contribution in [3.05, 3.63) is 35.4 Å². The number of benzene rings is 1. The van der Waals surface area contributed by atoms with Crippen molar-refractivity contribution in [2.45, 2.75) is 25.3 Å². The highest BCUT2D eigenvalue weighted by atomic mass is 16.2. The molecule has 1 aliphatic rings. The summed E-state index contributed by atoms with van der Waals surface area (Å²) in [5.74, 6) is 0.923. The third kappa shape index (κ3) is 3.56. The Morgan fingerprint density at radius 2 is 1.94 bits per heavy atom. The zero-order valence-electron chi connectivity index (χ0n) is 10.6. The van der Waals surface area contributed by atoms with Crippen LogP contribution in [0.2, 0.25) is 0 Å². The third-order valence-corrected chi connectivity index (χ3v) is 3.13. The zero-order chi connectivity index (χ0) is 12.3. The average molecular weight is 232 g/mol.